The summed E-state index contributed by atoms with van der Waals surface area (Å²) < 4.78 is 10.4. The standard InChI is InChI=1S/C20H31N3O4.ClH/c1-13(2)18(20(25)23-7-6-14(12-23)11-21-3)22-19(24)15-8-16(26-4)10-17(9-15)27-5;/h8-10,13-14,18,21H,6-7,11-12H2,1-5H3,(H,22,24);1H. The maximum atomic E-state index is 13.0. The number of rotatable bonds is 8. The van der Waals surface area contributed by atoms with Crippen LogP contribution in [0.4, 0.5) is 0 Å². The minimum absolute atomic E-state index is 0. The molecule has 7 nitrogen and oxygen atoms in total. The molecule has 0 bridgehead atoms. The van der Waals surface area contributed by atoms with Gasteiger partial charge in [0, 0.05) is 24.7 Å². The highest BCUT2D eigenvalue weighted by molar-refractivity contribution is 5.98. The molecule has 158 valence electrons. The number of nitrogens with zero attached hydrogens (tertiary/aromatic N) is 1. The largest absolute Gasteiger partial charge is 0.497 e. The van der Waals surface area contributed by atoms with Gasteiger partial charge in [-0.2, -0.15) is 0 Å². The number of nitrogens with one attached hydrogen (secondary N) is 2. The number of halogens is 1. The van der Waals surface area contributed by atoms with Gasteiger partial charge < -0.3 is 25.0 Å². The normalized spacial score (nSPS) is 17.1. The number of likely N-dealkylation sites (tertiary alicyclic amines) is 1. The zero-order chi connectivity index (χ0) is 20.0. The maximum absolute atomic E-state index is 13.0. The smallest absolute Gasteiger partial charge is 0.252 e. The molecular weight excluding hydrogens is 382 g/mol. The molecule has 0 radical (unpaired) electrons. The lowest BCUT2D eigenvalue weighted by atomic mass is 10.0. The molecule has 1 aromatic carbocycles. The van der Waals surface area contributed by atoms with Crippen molar-refractivity contribution in [3.8, 4) is 11.5 Å². The van der Waals surface area contributed by atoms with E-state index in [0.717, 1.165) is 26.1 Å². The van der Waals surface area contributed by atoms with E-state index in [1.165, 1.54) is 14.2 Å². The highest BCUT2D eigenvalue weighted by atomic mass is 35.5. The second-order valence-corrected chi connectivity index (χ2v) is 7.29. The highest BCUT2D eigenvalue weighted by Crippen LogP contribution is 2.23. The molecule has 1 heterocycles. The van der Waals surface area contributed by atoms with E-state index in [1.54, 1.807) is 18.2 Å². The van der Waals surface area contributed by atoms with Gasteiger partial charge in [0.05, 0.1) is 14.2 Å². The monoisotopic (exact) mass is 413 g/mol. The molecule has 0 spiro atoms. The van der Waals surface area contributed by atoms with Gasteiger partial charge in [0.2, 0.25) is 5.91 Å². The summed E-state index contributed by atoms with van der Waals surface area (Å²) in [5, 5.41) is 6.07. The van der Waals surface area contributed by atoms with E-state index in [9.17, 15) is 9.59 Å². The van der Waals surface area contributed by atoms with Crippen LogP contribution in [0.2, 0.25) is 0 Å². The molecular formula is C20H32ClN3O4. The van der Waals surface area contributed by atoms with Crippen LogP contribution in [-0.4, -0.2) is 63.7 Å². The van der Waals surface area contributed by atoms with Crippen LogP contribution in [0.25, 0.3) is 0 Å². The number of hydrogen-bond donors (Lipinski definition) is 2. The van der Waals surface area contributed by atoms with E-state index in [2.05, 4.69) is 10.6 Å². The van der Waals surface area contributed by atoms with Crippen molar-refractivity contribution in [2.45, 2.75) is 26.3 Å². The van der Waals surface area contributed by atoms with Gasteiger partial charge in [0.25, 0.3) is 5.91 Å². The summed E-state index contributed by atoms with van der Waals surface area (Å²) in [6.07, 6.45) is 0.985. The van der Waals surface area contributed by atoms with Crippen LogP contribution in [0.15, 0.2) is 18.2 Å². The Morgan fingerprint density at radius 2 is 1.79 bits per heavy atom. The summed E-state index contributed by atoms with van der Waals surface area (Å²) in [4.78, 5) is 27.6. The molecule has 2 N–H and O–H groups in total. The van der Waals surface area contributed by atoms with Crippen LogP contribution in [0.1, 0.15) is 30.6 Å². The molecule has 1 fully saturated rings. The first-order valence-corrected chi connectivity index (χ1v) is 9.36. The molecule has 1 aliphatic heterocycles. The lowest BCUT2D eigenvalue weighted by Crippen LogP contribution is -2.50. The average molecular weight is 414 g/mol. The zero-order valence-corrected chi connectivity index (χ0v) is 18.1. The average Bonchev–Trinajstić information content (AvgIpc) is 3.13. The first-order chi connectivity index (χ1) is 12.9. The van der Waals surface area contributed by atoms with Gasteiger partial charge in [-0.15, -0.1) is 12.4 Å². The van der Waals surface area contributed by atoms with E-state index >= 15 is 0 Å². The van der Waals surface area contributed by atoms with Crippen LogP contribution in [0, 0.1) is 11.8 Å². The topological polar surface area (TPSA) is 79.9 Å². The molecule has 8 heteroatoms. The number of amides is 2. The minimum Gasteiger partial charge on any atom is -0.497 e. The van der Waals surface area contributed by atoms with Crippen molar-refractivity contribution in [1.82, 2.24) is 15.5 Å². The Balaban J connectivity index is 0.00000392. The molecule has 2 unspecified atom stereocenters. The van der Waals surface area contributed by atoms with Crippen LogP contribution in [0.3, 0.4) is 0 Å². The quantitative estimate of drug-likeness (QED) is 0.680. The Morgan fingerprint density at radius 3 is 2.29 bits per heavy atom. The first-order valence-electron chi connectivity index (χ1n) is 9.36. The second-order valence-electron chi connectivity index (χ2n) is 7.29. The Hall–Kier alpha value is -1.99. The third kappa shape index (κ3) is 6.01. The summed E-state index contributed by atoms with van der Waals surface area (Å²) in [5.41, 5.74) is 0.402. The summed E-state index contributed by atoms with van der Waals surface area (Å²) in [6.45, 7) is 6.24. The fraction of sp³-hybridized carbons (Fsp3) is 0.600. The third-order valence-corrected chi connectivity index (χ3v) is 4.92. The summed E-state index contributed by atoms with van der Waals surface area (Å²) in [7, 11) is 4.99. The lowest BCUT2D eigenvalue weighted by molar-refractivity contribution is -0.133. The van der Waals surface area contributed by atoms with Crippen LogP contribution < -0.4 is 20.1 Å². The summed E-state index contributed by atoms with van der Waals surface area (Å²) in [6, 6.07) is 4.41. The van der Waals surface area contributed by atoms with Crippen LogP contribution in [-0.2, 0) is 4.79 Å². The lowest BCUT2D eigenvalue weighted by Gasteiger charge is -2.27. The first kappa shape index (κ1) is 24.0. The SMILES string of the molecule is CNCC1CCN(C(=O)C(NC(=O)c2cc(OC)cc(OC)c2)C(C)C)C1.Cl. The van der Waals surface area contributed by atoms with E-state index in [0.29, 0.717) is 23.0 Å². The minimum atomic E-state index is -0.567. The highest BCUT2D eigenvalue weighted by Gasteiger charge is 2.33. The molecule has 2 rings (SSSR count). The van der Waals surface area contributed by atoms with Crippen molar-refractivity contribution in [1.29, 1.82) is 0 Å². The fourth-order valence-corrected chi connectivity index (χ4v) is 3.36. The molecule has 1 aromatic rings. The fourth-order valence-electron chi connectivity index (χ4n) is 3.36. The molecule has 0 aliphatic carbocycles. The molecule has 28 heavy (non-hydrogen) atoms. The van der Waals surface area contributed by atoms with Crippen molar-refractivity contribution in [3.63, 3.8) is 0 Å². The Kier molecular flexibility index (Phi) is 9.55. The second kappa shape index (κ2) is 11.1. The van der Waals surface area contributed by atoms with E-state index < -0.39 is 6.04 Å². The number of carbonyl (C=O) groups excluding carboxylic acids is 2. The van der Waals surface area contributed by atoms with Gasteiger partial charge in [0.1, 0.15) is 17.5 Å². The Labute approximate surface area is 173 Å². The number of ether oxygens (including phenoxy) is 2. The number of hydrogen-bond acceptors (Lipinski definition) is 5. The summed E-state index contributed by atoms with van der Waals surface area (Å²) in [5.74, 6) is 1.17. The van der Waals surface area contributed by atoms with Crippen LogP contribution in [0.5, 0.6) is 11.5 Å². The third-order valence-electron chi connectivity index (χ3n) is 4.92. The molecule has 1 saturated heterocycles. The van der Waals surface area contributed by atoms with Gasteiger partial charge in [0.15, 0.2) is 0 Å². The van der Waals surface area contributed by atoms with Gasteiger partial charge in [-0.1, -0.05) is 13.8 Å². The van der Waals surface area contributed by atoms with Crippen molar-refractivity contribution >= 4 is 24.2 Å². The van der Waals surface area contributed by atoms with E-state index in [4.69, 9.17) is 9.47 Å². The van der Waals surface area contributed by atoms with E-state index in [1.807, 2.05) is 25.8 Å². The molecule has 2 atom stereocenters. The van der Waals surface area contributed by atoms with E-state index in [-0.39, 0.29) is 30.1 Å². The molecule has 0 aromatic heterocycles. The molecule has 0 saturated carbocycles. The number of methoxy groups -OCH3 is 2. The summed E-state index contributed by atoms with van der Waals surface area (Å²) >= 11 is 0. The maximum Gasteiger partial charge on any atom is 0.252 e. The predicted molar refractivity (Wildman–Crippen MR) is 111 cm³/mol. The van der Waals surface area contributed by atoms with Gasteiger partial charge >= 0.3 is 0 Å². The van der Waals surface area contributed by atoms with Crippen molar-refractivity contribution in [2.75, 3.05) is 40.9 Å². The number of benzene rings is 1. The van der Waals surface area contributed by atoms with Gasteiger partial charge in [-0.25, -0.2) is 0 Å². The van der Waals surface area contributed by atoms with Crippen molar-refractivity contribution in [3.05, 3.63) is 23.8 Å². The molecule has 1 aliphatic rings. The predicted octanol–water partition coefficient (Wildman–Crippen LogP) is 1.95. The Bertz CT molecular complexity index is 647. The molecule has 2 amide bonds. The Morgan fingerprint density at radius 1 is 1.18 bits per heavy atom. The van der Waals surface area contributed by atoms with Crippen molar-refractivity contribution in [2.24, 2.45) is 11.8 Å². The van der Waals surface area contributed by atoms with Crippen molar-refractivity contribution < 1.29 is 19.1 Å². The van der Waals surface area contributed by atoms with Gasteiger partial charge in [-0.05, 0) is 44.0 Å². The van der Waals surface area contributed by atoms with Crippen LogP contribution >= 0.6 is 12.4 Å². The number of carbonyl (C=O) groups is 2. The zero-order valence-electron chi connectivity index (χ0n) is 17.3. The van der Waals surface area contributed by atoms with Gasteiger partial charge in [-0.3, -0.25) is 9.59 Å².